The average Bonchev–Trinajstić information content (AvgIpc) is 2.95. The smallest absolute Gasteiger partial charge is 0.412 e. The van der Waals surface area contributed by atoms with Crippen LogP contribution in [0.3, 0.4) is 0 Å². The summed E-state index contributed by atoms with van der Waals surface area (Å²) in [4.78, 5) is 27.0. The molecule has 1 amide bonds. The number of aromatic nitrogens is 2. The number of aliphatic carboxylic acids is 1. The fraction of sp³-hybridized carbons (Fsp3) is 0.250. The highest BCUT2D eigenvalue weighted by Crippen LogP contribution is 2.24. The topological polar surface area (TPSA) is 105 Å². The molecule has 146 valence electrons. The SMILES string of the molecule is Cc1cccc(NC(=O)OCC(=O)O)c1CNc1cccn2c(C)c(C)nc12. The molecule has 3 aromatic rings. The van der Waals surface area contributed by atoms with E-state index in [1.54, 1.807) is 6.07 Å². The minimum atomic E-state index is -1.21. The van der Waals surface area contributed by atoms with Crippen LogP contribution in [0.25, 0.3) is 5.65 Å². The first-order chi connectivity index (χ1) is 13.4. The van der Waals surface area contributed by atoms with Gasteiger partial charge in [0.15, 0.2) is 12.3 Å². The second-order valence-electron chi connectivity index (χ2n) is 6.45. The number of carbonyl (C=O) groups is 2. The predicted octanol–water partition coefficient (Wildman–Crippen LogP) is 3.50. The molecule has 0 aliphatic rings. The van der Waals surface area contributed by atoms with Crippen LogP contribution in [-0.4, -0.2) is 33.2 Å². The molecule has 8 heteroatoms. The van der Waals surface area contributed by atoms with Gasteiger partial charge in [-0.15, -0.1) is 0 Å². The molecule has 0 aliphatic heterocycles. The monoisotopic (exact) mass is 382 g/mol. The maximum Gasteiger partial charge on any atom is 0.412 e. The van der Waals surface area contributed by atoms with Crippen LogP contribution in [0.2, 0.25) is 0 Å². The lowest BCUT2D eigenvalue weighted by Gasteiger charge is -2.15. The van der Waals surface area contributed by atoms with Crippen molar-refractivity contribution in [3.05, 3.63) is 59.0 Å². The Kier molecular flexibility index (Phi) is 5.49. The number of rotatable bonds is 6. The zero-order valence-electron chi connectivity index (χ0n) is 15.9. The zero-order valence-corrected chi connectivity index (χ0v) is 15.9. The van der Waals surface area contributed by atoms with Gasteiger partial charge in [-0.3, -0.25) is 5.32 Å². The van der Waals surface area contributed by atoms with Crippen molar-refractivity contribution in [1.29, 1.82) is 0 Å². The summed E-state index contributed by atoms with van der Waals surface area (Å²) in [5.74, 6) is -1.21. The largest absolute Gasteiger partial charge is 0.479 e. The number of carbonyl (C=O) groups excluding carboxylic acids is 1. The number of benzene rings is 1. The number of carboxylic acids is 1. The van der Waals surface area contributed by atoms with Crippen LogP contribution in [0.15, 0.2) is 36.5 Å². The second kappa shape index (κ2) is 7.99. The standard InChI is InChI=1S/C20H22N4O4/c1-12-6-4-7-16(23-20(27)28-11-18(25)26)15(12)10-21-17-8-5-9-24-14(3)13(2)22-19(17)24/h4-9,21H,10-11H2,1-3H3,(H,23,27)(H,25,26). The van der Waals surface area contributed by atoms with E-state index in [2.05, 4.69) is 20.4 Å². The number of nitrogens with one attached hydrogen (secondary N) is 2. The molecule has 3 N–H and O–H groups in total. The highest BCUT2D eigenvalue weighted by Gasteiger charge is 2.13. The van der Waals surface area contributed by atoms with E-state index in [-0.39, 0.29) is 0 Å². The van der Waals surface area contributed by atoms with Crippen LogP contribution < -0.4 is 10.6 Å². The van der Waals surface area contributed by atoms with Gasteiger partial charge in [0.25, 0.3) is 0 Å². The Morgan fingerprint density at radius 1 is 1.14 bits per heavy atom. The van der Waals surface area contributed by atoms with Crippen molar-refractivity contribution >= 4 is 29.1 Å². The molecule has 0 unspecified atom stereocenters. The molecule has 1 aromatic carbocycles. The number of aryl methyl sites for hydroxylation is 3. The number of nitrogens with zero attached hydrogens (tertiary/aromatic N) is 2. The van der Waals surface area contributed by atoms with Gasteiger partial charge in [0.2, 0.25) is 0 Å². The molecule has 2 heterocycles. The van der Waals surface area contributed by atoms with Crippen molar-refractivity contribution in [1.82, 2.24) is 9.38 Å². The average molecular weight is 382 g/mol. The summed E-state index contributed by atoms with van der Waals surface area (Å²) in [6.07, 6.45) is 1.16. The van der Waals surface area contributed by atoms with Crippen LogP contribution in [0.4, 0.5) is 16.2 Å². The highest BCUT2D eigenvalue weighted by atomic mass is 16.6. The van der Waals surface area contributed by atoms with Crippen molar-refractivity contribution < 1.29 is 19.4 Å². The molecular weight excluding hydrogens is 360 g/mol. The van der Waals surface area contributed by atoms with Crippen LogP contribution in [0.5, 0.6) is 0 Å². The van der Waals surface area contributed by atoms with Gasteiger partial charge in [-0.05, 0) is 50.1 Å². The van der Waals surface area contributed by atoms with Crippen LogP contribution >= 0.6 is 0 Å². The van der Waals surface area contributed by atoms with E-state index in [0.717, 1.165) is 33.8 Å². The molecule has 8 nitrogen and oxygen atoms in total. The van der Waals surface area contributed by atoms with Crippen molar-refractivity contribution in [3.63, 3.8) is 0 Å². The fourth-order valence-corrected chi connectivity index (χ4v) is 2.95. The van der Waals surface area contributed by atoms with E-state index in [0.29, 0.717) is 12.2 Å². The van der Waals surface area contributed by atoms with Gasteiger partial charge in [0.05, 0.1) is 11.4 Å². The Balaban J connectivity index is 1.80. The maximum atomic E-state index is 11.8. The number of pyridine rings is 1. The number of ether oxygens (including phenoxy) is 1. The summed E-state index contributed by atoms with van der Waals surface area (Å²) < 4.78 is 6.68. The van der Waals surface area contributed by atoms with Crippen LogP contribution in [-0.2, 0) is 16.1 Å². The van der Waals surface area contributed by atoms with Gasteiger partial charge in [-0.25, -0.2) is 14.6 Å². The number of carboxylic acid groups (broad SMARTS) is 1. The predicted molar refractivity (Wildman–Crippen MR) is 106 cm³/mol. The summed E-state index contributed by atoms with van der Waals surface area (Å²) in [5, 5.41) is 14.6. The zero-order chi connectivity index (χ0) is 20.3. The number of fused-ring (bicyclic) bond motifs is 1. The summed E-state index contributed by atoms with van der Waals surface area (Å²) in [6, 6.07) is 9.40. The van der Waals surface area contributed by atoms with Crippen molar-refractivity contribution in [2.45, 2.75) is 27.3 Å². The van der Waals surface area contributed by atoms with Gasteiger partial charge < -0.3 is 19.6 Å². The summed E-state index contributed by atoms with van der Waals surface area (Å²) in [7, 11) is 0. The van der Waals surface area contributed by atoms with Gasteiger partial charge in [0, 0.05) is 24.1 Å². The van der Waals surface area contributed by atoms with E-state index in [1.165, 1.54) is 0 Å². The molecule has 0 radical (unpaired) electrons. The van der Waals surface area contributed by atoms with Crippen molar-refractivity contribution in [2.75, 3.05) is 17.2 Å². The lowest BCUT2D eigenvalue weighted by atomic mass is 10.1. The lowest BCUT2D eigenvalue weighted by Crippen LogP contribution is -2.19. The number of amides is 1. The first-order valence-electron chi connectivity index (χ1n) is 8.79. The molecule has 3 rings (SSSR count). The normalized spacial score (nSPS) is 10.7. The Labute approximate surface area is 162 Å². The van der Waals surface area contributed by atoms with Gasteiger partial charge in [-0.2, -0.15) is 0 Å². The van der Waals surface area contributed by atoms with Crippen LogP contribution in [0.1, 0.15) is 22.5 Å². The number of hydrogen-bond acceptors (Lipinski definition) is 5. The Morgan fingerprint density at radius 2 is 1.89 bits per heavy atom. The quantitative estimate of drug-likeness (QED) is 0.603. The van der Waals surface area contributed by atoms with E-state index >= 15 is 0 Å². The Morgan fingerprint density at radius 3 is 2.64 bits per heavy atom. The van der Waals surface area contributed by atoms with E-state index in [4.69, 9.17) is 5.11 Å². The first kappa shape index (κ1) is 19.2. The molecule has 0 atom stereocenters. The molecule has 0 spiro atoms. The van der Waals surface area contributed by atoms with E-state index in [9.17, 15) is 9.59 Å². The number of imidazole rings is 1. The molecule has 2 aromatic heterocycles. The van der Waals surface area contributed by atoms with Crippen LogP contribution in [0, 0.1) is 20.8 Å². The maximum absolute atomic E-state index is 11.8. The summed E-state index contributed by atoms with van der Waals surface area (Å²) in [6.45, 7) is 5.69. The van der Waals surface area contributed by atoms with Gasteiger partial charge in [0.1, 0.15) is 0 Å². The molecule has 0 saturated heterocycles. The van der Waals surface area contributed by atoms with E-state index < -0.39 is 18.7 Å². The Hall–Kier alpha value is -3.55. The fourth-order valence-electron chi connectivity index (χ4n) is 2.95. The number of anilines is 2. The first-order valence-corrected chi connectivity index (χ1v) is 8.79. The summed E-state index contributed by atoms with van der Waals surface area (Å²) in [5.41, 5.74) is 6.17. The molecular formula is C20H22N4O4. The molecule has 0 bridgehead atoms. The third kappa shape index (κ3) is 4.06. The highest BCUT2D eigenvalue weighted by molar-refractivity contribution is 5.87. The lowest BCUT2D eigenvalue weighted by molar-refractivity contribution is -0.140. The molecule has 0 aliphatic carbocycles. The molecule has 0 fully saturated rings. The van der Waals surface area contributed by atoms with Gasteiger partial charge in [-0.1, -0.05) is 12.1 Å². The molecule has 0 saturated carbocycles. The Bertz CT molecular complexity index is 1040. The van der Waals surface area contributed by atoms with E-state index in [1.807, 2.05) is 55.6 Å². The molecule has 28 heavy (non-hydrogen) atoms. The minimum absolute atomic E-state index is 0.450. The number of hydrogen-bond donors (Lipinski definition) is 3. The minimum Gasteiger partial charge on any atom is -0.479 e. The van der Waals surface area contributed by atoms with Gasteiger partial charge >= 0.3 is 12.1 Å². The third-order valence-corrected chi connectivity index (χ3v) is 4.56. The van der Waals surface area contributed by atoms with Crippen molar-refractivity contribution in [3.8, 4) is 0 Å². The third-order valence-electron chi connectivity index (χ3n) is 4.56. The van der Waals surface area contributed by atoms with Crippen molar-refractivity contribution in [2.24, 2.45) is 0 Å². The second-order valence-corrected chi connectivity index (χ2v) is 6.45. The summed E-state index contributed by atoms with van der Waals surface area (Å²) >= 11 is 0.